The molecule has 3 unspecified atom stereocenters. The van der Waals surface area contributed by atoms with Crippen molar-refractivity contribution in [2.75, 3.05) is 5.73 Å². The Kier molecular flexibility index (Phi) is 4.38. The first kappa shape index (κ1) is 13.5. The highest BCUT2D eigenvalue weighted by Crippen LogP contribution is 2.33. The fourth-order valence-corrected chi connectivity index (χ4v) is 4.60. The van der Waals surface area contributed by atoms with Gasteiger partial charge in [0.2, 0.25) is 0 Å². The van der Waals surface area contributed by atoms with E-state index >= 15 is 0 Å². The average Bonchev–Trinajstić information content (AvgIpc) is 2.38. The minimum atomic E-state index is -1.25. The molecule has 2 N–H and O–H groups in total. The summed E-state index contributed by atoms with van der Waals surface area (Å²) >= 11 is 0. The summed E-state index contributed by atoms with van der Waals surface area (Å²) in [6, 6.07) is 4.46. The summed E-state index contributed by atoms with van der Waals surface area (Å²) in [6.07, 6.45) is 5.38. The molecule has 1 fully saturated rings. The molecule has 0 radical (unpaired) electrons. The standard InChI is InChI=1S/C14H20FNOS/c1-2-10-5-3-4-6-13(10)18(17)14-8-7-11(16)9-12(14)15/h7-10,13H,2-6,16H2,1H3. The molecule has 0 aromatic heterocycles. The molecule has 1 aromatic carbocycles. The molecule has 18 heavy (non-hydrogen) atoms. The molecule has 0 saturated heterocycles. The Hall–Kier alpha value is -0.900. The van der Waals surface area contributed by atoms with E-state index in [0.29, 0.717) is 16.5 Å². The maximum absolute atomic E-state index is 13.8. The first-order chi connectivity index (χ1) is 8.63. The number of halogens is 1. The van der Waals surface area contributed by atoms with Crippen molar-refractivity contribution in [3.63, 3.8) is 0 Å². The van der Waals surface area contributed by atoms with E-state index in [2.05, 4.69) is 6.92 Å². The molecule has 1 aromatic rings. The Bertz CT molecular complexity index is 449. The smallest absolute Gasteiger partial charge is 0.141 e. The van der Waals surface area contributed by atoms with Crippen LogP contribution in [-0.2, 0) is 10.8 Å². The van der Waals surface area contributed by atoms with E-state index in [1.54, 1.807) is 12.1 Å². The van der Waals surface area contributed by atoms with Gasteiger partial charge in [-0.05, 0) is 37.0 Å². The number of hydrogen-bond donors (Lipinski definition) is 1. The topological polar surface area (TPSA) is 43.1 Å². The van der Waals surface area contributed by atoms with Gasteiger partial charge in [-0.2, -0.15) is 0 Å². The van der Waals surface area contributed by atoms with Gasteiger partial charge >= 0.3 is 0 Å². The fourth-order valence-electron chi connectivity index (χ4n) is 2.77. The number of nitrogen functional groups attached to an aromatic ring is 1. The molecule has 1 saturated carbocycles. The molecule has 0 heterocycles. The van der Waals surface area contributed by atoms with Crippen LogP contribution >= 0.6 is 0 Å². The van der Waals surface area contributed by atoms with E-state index in [-0.39, 0.29) is 5.25 Å². The van der Waals surface area contributed by atoms with Crippen LogP contribution in [0.1, 0.15) is 39.0 Å². The number of rotatable bonds is 3. The summed E-state index contributed by atoms with van der Waals surface area (Å²) < 4.78 is 26.3. The lowest BCUT2D eigenvalue weighted by Crippen LogP contribution is -2.29. The maximum atomic E-state index is 13.8. The molecular weight excluding hydrogens is 249 g/mol. The maximum Gasteiger partial charge on any atom is 0.141 e. The van der Waals surface area contributed by atoms with Gasteiger partial charge in [0.25, 0.3) is 0 Å². The number of anilines is 1. The van der Waals surface area contributed by atoms with Gasteiger partial charge in [-0.15, -0.1) is 0 Å². The molecule has 2 rings (SSSR count). The van der Waals surface area contributed by atoms with Crippen molar-refractivity contribution in [3.8, 4) is 0 Å². The first-order valence-corrected chi connectivity index (χ1v) is 7.80. The van der Waals surface area contributed by atoms with E-state index in [0.717, 1.165) is 25.7 Å². The molecular formula is C14H20FNOS. The van der Waals surface area contributed by atoms with Crippen LogP contribution in [-0.4, -0.2) is 9.46 Å². The van der Waals surface area contributed by atoms with Crippen LogP contribution in [0.4, 0.5) is 10.1 Å². The van der Waals surface area contributed by atoms with Crippen LogP contribution in [0.3, 0.4) is 0 Å². The third kappa shape index (κ3) is 2.74. The minimum absolute atomic E-state index is 0.0990. The number of hydrogen-bond acceptors (Lipinski definition) is 2. The molecule has 4 heteroatoms. The molecule has 0 amide bonds. The van der Waals surface area contributed by atoms with Crippen molar-refractivity contribution in [2.24, 2.45) is 5.92 Å². The van der Waals surface area contributed by atoms with Crippen molar-refractivity contribution in [2.45, 2.75) is 49.2 Å². The molecule has 100 valence electrons. The van der Waals surface area contributed by atoms with Gasteiger partial charge in [-0.25, -0.2) is 4.39 Å². The summed E-state index contributed by atoms with van der Waals surface area (Å²) in [7, 11) is -1.25. The predicted octanol–water partition coefficient (Wildman–Crippen LogP) is 3.48. The highest BCUT2D eigenvalue weighted by Gasteiger charge is 2.30. The van der Waals surface area contributed by atoms with Gasteiger partial charge in [0, 0.05) is 10.9 Å². The van der Waals surface area contributed by atoms with Crippen molar-refractivity contribution in [1.82, 2.24) is 0 Å². The zero-order valence-corrected chi connectivity index (χ0v) is 11.5. The molecule has 1 aliphatic rings. The van der Waals surface area contributed by atoms with Gasteiger partial charge in [0.15, 0.2) is 0 Å². The Labute approximate surface area is 110 Å². The number of benzene rings is 1. The predicted molar refractivity (Wildman–Crippen MR) is 73.3 cm³/mol. The van der Waals surface area contributed by atoms with Crippen LogP contribution in [0.5, 0.6) is 0 Å². The van der Waals surface area contributed by atoms with E-state index in [1.807, 2.05) is 0 Å². The fraction of sp³-hybridized carbons (Fsp3) is 0.571. The molecule has 3 atom stereocenters. The number of nitrogens with two attached hydrogens (primary N) is 1. The van der Waals surface area contributed by atoms with Gasteiger partial charge in [-0.1, -0.05) is 26.2 Å². The SMILES string of the molecule is CCC1CCCCC1S(=O)c1ccc(N)cc1F. The zero-order chi connectivity index (χ0) is 13.1. The van der Waals surface area contributed by atoms with E-state index in [1.165, 1.54) is 12.5 Å². The first-order valence-electron chi connectivity index (χ1n) is 6.59. The Balaban J connectivity index is 2.24. The Morgan fingerprint density at radius 1 is 1.39 bits per heavy atom. The van der Waals surface area contributed by atoms with E-state index in [4.69, 9.17) is 5.73 Å². The largest absolute Gasteiger partial charge is 0.399 e. The lowest BCUT2D eigenvalue weighted by Gasteiger charge is -2.30. The second-order valence-corrected chi connectivity index (χ2v) is 6.62. The lowest BCUT2D eigenvalue weighted by molar-refractivity contribution is 0.355. The molecule has 2 nitrogen and oxygen atoms in total. The minimum Gasteiger partial charge on any atom is -0.399 e. The Morgan fingerprint density at radius 3 is 2.78 bits per heavy atom. The summed E-state index contributed by atoms with van der Waals surface area (Å²) in [5.41, 5.74) is 5.90. The van der Waals surface area contributed by atoms with Crippen LogP contribution in [0.25, 0.3) is 0 Å². The van der Waals surface area contributed by atoms with Gasteiger partial charge < -0.3 is 5.73 Å². The molecule has 1 aliphatic carbocycles. The molecule has 0 spiro atoms. The zero-order valence-electron chi connectivity index (χ0n) is 10.7. The van der Waals surface area contributed by atoms with Crippen molar-refractivity contribution in [1.29, 1.82) is 0 Å². The van der Waals surface area contributed by atoms with Crippen LogP contribution in [0.15, 0.2) is 23.1 Å². The van der Waals surface area contributed by atoms with Crippen molar-refractivity contribution >= 4 is 16.5 Å². The molecule has 0 aliphatic heterocycles. The third-order valence-electron chi connectivity index (χ3n) is 3.81. The van der Waals surface area contributed by atoms with Gasteiger partial charge in [0.1, 0.15) is 5.82 Å². The van der Waals surface area contributed by atoms with Crippen molar-refractivity contribution in [3.05, 3.63) is 24.0 Å². The summed E-state index contributed by atoms with van der Waals surface area (Å²) in [5, 5.41) is 0.0990. The average molecular weight is 269 g/mol. The lowest BCUT2D eigenvalue weighted by atomic mass is 9.87. The summed E-state index contributed by atoms with van der Waals surface area (Å²) in [4.78, 5) is 0.314. The highest BCUT2D eigenvalue weighted by molar-refractivity contribution is 7.85. The monoisotopic (exact) mass is 269 g/mol. The normalized spacial score (nSPS) is 25.9. The Morgan fingerprint density at radius 2 is 2.11 bits per heavy atom. The second kappa shape index (κ2) is 5.83. The van der Waals surface area contributed by atoms with Gasteiger partial charge in [0.05, 0.1) is 15.7 Å². The highest BCUT2D eigenvalue weighted by atomic mass is 32.2. The quantitative estimate of drug-likeness (QED) is 0.854. The summed E-state index contributed by atoms with van der Waals surface area (Å²) in [6.45, 7) is 2.12. The van der Waals surface area contributed by atoms with Crippen molar-refractivity contribution < 1.29 is 8.60 Å². The summed E-state index contributed by atoms with van der Waals surface area (Å²) in [5.74, 6) is 0.0188. The van der Waals surface area contributed by atoms with E-state index in [9.17, 15) is 8.60 Å². The van der Waals surface area contributed by atoms with Crippen LogP contribution in [0.2, 0.25) is 0 Å². The molecule has 0 bridgehead atoms. The van der Waals surface area contributed by atoms with Crippen LogP contribution in [0, 0.1) is 11.7 Å². The second-order valence-electron chi connectivity index (χ2n) is 4.98. The van der Waals surface area contributed by atoms with Gasteiger partial charge in [-0.3, -0.25) is 4.21 Å². The third-order valence-corrected chi connectivity index (χ3v) is 5.75. The van der Waals surface area contributed by atoms with Crippen LogP contribution < -0.4 is 5.73 Å². The van der Waals surface area contributed by atoms with E-state index < -0.39 is 16.6 Å².